The fourth-order valence-electron chi connectivity index (χ4n) is 5.95. The van der Waals surface area contributed by atoms with Crippen LogP contribution < -0.4 is 20.7 Å². The zero-order chi connectivity index (χ0) is 42.0. The molecular formula is C40H67N5O7S3. The molecule has 55 heavy (non-hydrogen) atoms. The summed E-state index contributed by atoms with van der Waals surface area (Å²) in [6, 6.07) is 7.57. The van der Waals surface area contributed by atoms with Gasteiger partial charge in [-0.1, -0.05) is 120 Å². The molecule has 0 saturated carbocycles. The van der Waals surface area contributed by atoms with Gasteiger partial charge in [-0.05, 0) is 43.7 Å². The molecule has 4 amide bonds. The van der Waals surface area contributed by atoms with Gasteiger partial charge in [0.15, 0.2) is 0 Å². The molecule has 3 atom stereocenters. The number of carbonyl (C=O) groups is 5. The molecule has 0 aromatic heterocycles. The van der Waals surface area contributed by atoms with Crippen LogP contribution in [0.2, 0.25) is 0 Å². The van der Waals surface area contributed by atoms with Crippen LogP contribution in [0.1, 0.15) is 106 Å². The van der Waals surface area contributed by atoms with E-state index in [0.29, 0.717) is 31.6 Å². The summed E-state index contributed by atoms with van der Waals surface area (Å²) in [6.07, 6.45) is 5.57. The number of benzene rings is 1. The van der Waals surface area contributed by atoms with Gasteiger partial charge in [-0.3, -0.25) is 24.0 Å². The fraction of sp³-hybridized carbons (Fsp3) is 0.675. The maximum absolute atomic E-state index is 14.2. The highest BCUT2D eigenvalue weighted by Gasteiger charge is 2.41. The first-order chi connectivity index (χ1) is 25.6. The van der Waals surface area contributed by atoms with Crippen LogP contribution in [-0.2, 0) is 39.4 Å². The van der Waals surface area contributed by atoms with Gasteiger partial charge in [0.1, 0.15) is 11.8 Å². The Morgan fingerprint density at radius 1 is 0.891 bits per heavy atom. The number of likely N-dealkylation sites (N-methyl/N-ethyl adjacent to an activating group) is 2. The van der Waals surface area contributed by atoms with Gasteiger partial charge >= 0.3 is 0 Å². The Morgan fingerprint density at radius 2 is 1.51 bits per heavy atom. The number of hydrogen-bond donors (Lipinski definition) is 4. The van der Waals surface area contributed by atoms with Crippen molar-refractivity contribution in [2.45, 2.75) is 124 Å². The van der Waals surface area contributed by atoms with Gasteiger partial charge in [0.05, 0.1) is 17.8 Å². The second-order valence-electron chi connectivity index (χ2n) is 15.8. The van der Waals surface area contributed by atoms with E-state index < -0.39 is 44.9 Å². The van der Waals surface area contributed by atoms with E-state index in [1.807, 2.05) is 85.7 Å². The summed E-state index contributed by atoms with van der Waals surface area (Å²) in [7, 11) is 2.10. The summed E-state index contributed by atoms with van der Waals surface area (Å²) in [4.78, 5) is 66.0. The molecule has 0 radical (unpaired) electrons. The van der Waals surface area contributed by atoms with Crippen molar-refractivity contribution in [3.8, 4) is 0 Å². The number of rotatable bonds is 25. The molecule has 0 aliphatic rings. The van der Waals surface area contributed by atoms with Crippen LogP contribution in [0, 0.1) is 11.3 Å². The molecule has 0 heterocycles. The van der Waals surface area contributed by atoms with Crippen molar-refractivity contribution in [3.05, 3.63) is 47.5 Å². The van der Waals surface area contributed by atoms with Crippen molar-refractivity contribution in [2.24, 2.45) is 11.3 Å². The van der Waals surface area contributed by atoms with Gasteiger partial charge < -0.3 is 20.9 Å². The monoisotopic (exact) mass is 825 g/mol. The average molecular weight is 826 g/mol. The lowest BCUT2D eigenvalue weighted by molar-refractivity contribution is -0.141. The van der Waals surface area contributed by atoms with Crippen LogP contribution in [0.25, 0.3) is 0 Å². The Bertz CT molecular complexity index is 1540. The second kappa shape index (κ2) is 24.0. The lowest BCUT2D eigenvalue weighted by Crippen LogP contribution is -2.61. The van der Waals surface area contributed by atoms with Crippen LogP contribution in [-0.4, -0.2) is 98.8 Å². The van der Waals surface area contributed by atoms with Crippen molar-refractivity contribution in [2.75, 3.05) is 37.9 Å². The number of carbonyl (C=O) groups excluding carboxylic acids is 5. The summed E-state index contributed by atoms with van der Waals surface area (Å²) in [5.74, 6) is -0.961. The largest absolute Gasteiger partial charge is 0.356 e. The highest BCUT2D eigenvalue weighted by atomic mass is 33.1. The zero-order valence-corrected chi connectivity index (χ0v) is 37.3. The lowest BCUT2D eigenvalue weighted by atomic mass is 9.76. The third-order valence-electron chi connectivity index (χ3n) is 9.48. The zero-order valence-electron chi connectivity index (χ0n) is 34.9. The number of nitrogens with zero attached hydrogens (tertiary/aromatic N) is 1. The first-order valence-electron chi connectivity index (χ1n) is 19.1. The summed E-state index contributed by atoms with van der Waals surface area (Å²) < 4.78 is 27.7. The van der Waals surface area contributed by atoms with E-state index in [9.17, 15) is 32.4 Å². The molecule has 0 aliphatic carbocycles. The molecule has 0 unspecified atom stereocenters. The predicted octanol–water partition coefficient (Wildman–Crippen LogP) is 5.39. The van der Waals surface area contributed by atoms with Crippen molar-refractivity contribution in [1.82, 2.24) is 25.6 Å². The molecule has 15 heteroatoms. The van der Waals surface area contributed by atoms with E-state index in [1.54, 1.807) is 20.2 Å². The molecule has 0 aliphatic heterocycles. The van der Waals surface area contributed by atoms with Gasteiger partial charge in [0.2, 0.25) is 27.7 Å². The average Bonchev–Trinajstić information content (AvgIpc) is 3.11. The van der Waals surface area contributed by atoms with Crippen LogP contribution in [0.5, 0.6) is 0 Å². The molecule has 312 valence electrons. The molecule has 1 aromatic carbocycles. The number of nitrogens with one attached hydrogen (secondary N) is 4. The van der Waals surface area contributed by atoms with E-state index >= 15 is 0 Å². The van der Waals surface area contributed by atoms with Crippen LogP contribution in [0.4, 0.5) is 0 Å². The van der Waals surface area contributed by atoms with Gasteiger partial charge in [0, 0.05) is 55.3 Å². The van der Waals surface area contributed by atoms with E-state index in [0.717, 1.165) is 24.8 Å². The number of ketones is 1. The van der Waals surface area contributed by atoms with Crippen molar-refractivity contribution in [3.63, 3.8) is 0 Å². The van der Waals surface area contributed by atoms with E-state index in [2.05, 4.69) is 20.7 Å². The molecule has 0 saturated heterocycles. The van der Waals surface area contributed by atoms with E-state index in [-0.39, 0.29) is 46.5 Å². The molecule has 0 bridgehead atoms. The Labute approximate surface area is 338 Å². The molecule has 0 fully saturated rings. The van der Waals surface area contributed by atoms with Gasteiger partial charge in [-0.15, -0.1) is 0 Å². The van der Waals surface area contributed by atoms with Crippen LogP contribution in [0.3, 0.4) is 0 Å². The first kappa shape index (κ1) is 50.1. The quantitative estimate of drug-likeness (QED) is 0.0570. The Balaban J connectivity index is 2.79. The molecular weight excluding hydrogens is 759 g/mol. The number of Topliss-reactive ketones (excluding diaryl/α,β-unsaturated/α-hetero) is 1. The smallest absolute Gasteiger partial charge is 0.260 e. The minimum absolute atomic E-state index is 0.0732. The minimum Gasteiger partial charge on any atom is -0.356 e. The number of hydrogen-bond acceptors (Lipinski definition) is 10. The minimum atomic E-state index is -3.95. The third-order valence-corrected chi connectivity index (χ3v) is 13.4. The topological polar surface area (TPSA) is 171 Å². The number of amides is 4. The maximum Gasteiger partial charge on any atom is 0.260 e. The molecule has 12 nitrogen and oxygen atoms in total. The predicted molar refractivity (Wildman–Crippen MR) is 227 cm³/mol. The maximum atomic E-state index is 14.2. The number of sulfonamides is 1. The summed E-state index contributed by atoms with van der Waals surface area (Å²) >= 11 is 0. The van der Waals surface area contributed by atoms with Crippen molar-refractivity contribution < 1.29 is 32.4 Å². The van der Waals surface area contributed by atoms with Gasteiger partial charge in [-0.25, -0.2) is 13.1 Å². The Kier molecular flexibility index (Phi) is 21.9. The normalized spacial score (nSPS) is 14.1. The Hall–Kier alpha value is -2.88. The summed E-state index contributed by atoms with van der Waals surface area (Å²) in [5.41, 5.74) is -0.153. The Morgan fingerprint density at radius 3 is 2.07 bits per heavy atom. The van der Waals surface area contributed by atoms with Crippen molar-refractivity contribution >= 4 is 61.0 Å². The summed E-state index contributed by atoms with van der Waals surface area (Å²) in [5, 5.41) is 9.02. The van der Waals surface area contributed by atoms with E-state index in [4.69, 9.17) is 0 Å². The molecule has 1 rings (SSSR count). The van der Waals surface area contributed by atoms with Crippen molar-refractivity contribution in [1.29, 1.82) is 0 Å². The van der Waals surface area contributed by atoms with Crippen LogP contribution in [0.15, 0.2) is 42.0 Å². The molecule has 4 N–H and O–H groups in total. The third kappa shape index (κ3) is 17.9. The van der Waals surface area contributed by atoms with Gasteiger partial charge in [-0.2, -0.15) is 0 Å². The second-order valence-corrected chi connectivity index (χ2v) is 20.4. The number of unbranched alkanes of at least 4 members (excludes halogenated alkanes) is 2. The summed E-state index contributed by atoms with van der Waals surface area (Å²) in [6.45, 7) is 17.3. The van der Waals surface area contributed by atoms with E-state index in [1.165, 1.54) is 33.4 Å². The fourth-order valence-corrected chi connectivity index (χ4v) is 9.72. The molecule has 0 spiro atoms. The molecule has 1 aromatic rings. The first-order valence-corrected chi connectivity index (χ1v) is 23.3. The van der Waals surface area contributed by atoms with Crippen LogP contribution >= 0.6 is 21.6 Å². The highest BCUT2D eigenvalue weighted by Crippen LogP contribution is 2.29. The standard InChI is InChI=1S/C40H67N5O7S3/c1-12-31(46)21-17-14-18-23-42-33(47)22-24-53-54-25-26-55(51,52)44-36(48)29(4)27-32(28(2)3)45(11)38(50)35(39(5,6)7)43-37(49)34(41-10)40(8,9)30-19-15-13-16-20-30/h13,15-16,19-20,27-28,32,34-35,41H,12,14,17-18,21-26H2,1-11H3,(H,42,47)(H,43,49)(H,44,48)/b29-27+/t32-,34-,35-/m1/s1. The SMILES string of the molecule is CCC(=O)CCCCCNC(=O)CCSSCCS(=O)(=O)NC(=O)/C(C)=C/[C@H](C(C)C)N(C)C(=O)[C@@H](NC(=O)[C@@H](NC)C(C)(C)c1ccccc1)C(C)(C)C. The van der Waals surface area contributed by atoms with Gasteiger partial charge in [0.25, 0.3) is 5.91 Å². The lowest BCUT2D eigenvalue weighted by Gasteiger charge is -2.40. The highest BCUT2D eigenvalue weighted by molar-refractivity contribution is 8.76.